The predicted molar refractivity (Wildman–Crippen MR) is 123 cm³/mol. The smallest absolute Gasteiger partial charge is 0.255 e. The molecule has 2 atom stereocenters. The summed E-state index contributed by atoms with van der Waals surface area (Å²) in [5, 5.41) is 3.00. The topological polar surface area (TPSA) is 52.7 Å². The second-order valence-electron chi connectivity index (χ2n) is 8.16. The molecule has 0 saturated carbocycles. The number of likely N-dealkylation sites (tertiary alicyclic amines) is 1. The number of thioether (sulfide) groups is 1. The molecule has 0 aromatic heterocycles. The third-order valence-corrected chi connectivity index (χ3v) is 7.03. The van der Waals surface area contributed by atoms with E-state index in [1.54, 1.807) is 28.8 Å². The summed E-state index contributed by atoms with van der Waals surface area (Å²) < 4.78 is 0. The molecule has 6 heteroatoms. The molecule has 2 amide bonds. The standard InChI is InChI=1S/C24H29N3O2S/c1-18-7-5-6-14-26(18)15-19-10-12-21(13-11-19)25-23(28)22-16-30-17-27(22)24(29)20-8-3-2-4-9-20/h2-4,8-13,18,22H,5-7,14-17H2,1H3,(H,25,28). The Morgan fingerprint density at radius 3 is 2.57 bits per heavy atom. The van der Waals surface area contributed by atoms with Gasteiger partial charge in [0.15, 0.2) is 0 Å². The van der Waals surface area contributed by atoms with Crippen LogP contribution in [0.3, 0.4) is 0 Å². The number of carbonyl (C=O) groups is 2. The van der Waals surface area contributed by atoms with Crippen LogP contribution in [0.2, 0.25) is 0 Å². The lowest BCUT2D eigenvalue weighted by atomic mass is 10.0. The van der Waals surface area contributed by atoms with Gasteiger partial charge in [-0.15, -0.1) is 11.8 Å². The molecule has 158 valence electrons. The highest BCUT2D eigenvalue weighted by Gasteiger charge is 2.35. The number of rotatable bonds is 5. The molecular formula is C24H29N3O2S. The first-order valence-electron chi connectivity index (χ1n) is 10.7. The zero-order chi connectivity index (χ0) is 20.9. The van der Waals surface area contributed by atoms with Gasteiger partial charge in [0.05, 0.1) is 5.88 Å². The Morgan fingerprint density at radius 2 is 1.83 bits per heavy atom. The fraction of sp³-hybridized carbons (Fsp3) is 0.417. The molecule has 2 saturated heterocycles. The van der Waals surface area contributed by atoms with Crippen LogP contribution in [0, 0.1) is 0 Å². The summed E-state index contributed by atoms with van der Waals surface area (Å²) >= 11 is 1.61. The summed E-state index contributed by atoms with van der Waals surface area (Å²) in [6.07, 6.45) is 3.87. The van der Waals surface area contributed by atoms with E-state index in [1.165, 1.54) is 24.8 Å². The van der Waals surface area contributed by atoms with Gasteiger partial charge in [-0.25, -0.2) is 0 Å². The van der Waals surface area contributed by atoms with Crippen LogP contribution in [-0.2, 0) is 11.3 Å². The van der Waals surface area contributed by atoms with Crippen molar-refractivity contribution in [2.75, 3.05) is 23.5 Å². The zero-order valence-corrected chi connectivity index (χ0v) is 18.2. The van der Waals surface area contributed by atoms with Crippen LogP contribution in [0.15, 0.2) is 54.6 Å². The molecule has 4 rings (SSSR count). The number of hydrogen-bond donors (Lipinski definition) is 1. The van der Waals surface area contributed by atoms with E-state index in [0.717, 1.165) is 18.8 Å². The maximum atomic E-state index is 12.9. The lowest BCUT2D eigenvalue weighted by Crippen LogP contribution is -2.44. The molecule has 0 aliphatic carbocycles. The molecule has 2 heterocycles. The molecule has 2 fully saturated rings. The minimum Gasteiger partial charge on any atom is -0.324 e. The second kappa shape index (κ2) is 9.67. The fourth-order valence-corrected chi connectivity index (χ4v) is 5.31. The molecule has 1 N–H and O–H groups in total. The van der Waals surface area contributed by atoms with Gasteiger partial charge in [-0.3, -0.25) is 14.5 Å². The minimum atomic E-state index is -0.448. The first-order valence-corrected chi connectivity index (χ1v) is 11.8. The maximum Gasteiger partial charge on any atom is 0.255 e. The SMILES string of the molecule is CC1CCCCN1Cc1ccc(NC(=O)C2CSCN2C(=O)c2ccccc2)cc1. The predicted octanol–water partition coefficient (Wildman–Crippen LogP) is 4.21. The van der Waals surface area contributed by atoms with Gasteiger partial charge in [0.2, 0.25) is 5.91 Å². The van der Waals surface area contributed by atoms with E-state index in [2.05, 4.69) is 29.3 Å². The van der Waals surface area contributed by atoms with Crippen molar-refractivity contribution in [3.05, 3.63) is 65.7 Å². The van der Waals surface area contributed by atoms with Crippen molar-refractivity contribution in [2.45, 2.75) is 44.8 Å². The molecule has 2 aliphatic heterocycles. The van der Waals surface area contributed by atoms with Gasteiger partial charge in [0.25, 0.3) is 5.91 Å². The molecular weight excluding hydrogens is 394 g/mol. The van der Waals surface area contributed by atoms with Gasteiger partial charge in [-0.05, 0) is 56.1 Å². The summed E-state index contributed by atoms with van der Waals surface area (Å²) in [5.74, 6) is 0.946. The van der Waals surface area contributed by atoms with E-state index in [9.17, 15) is 9.59 Å². The van der Waals surface area contributed by atoms with E-state index in [4.69, 9.17) is 0 Å². The molecule has 0 bridgehead atoms. The monoisotopic (exact) mass is 423 g/mol. The Bertz CT molecular complexity index is 872. The Labute approximate surface area is 182 Å². The number of benzene rings is 2. The number of anilines is 1. The van der Waals surface area contributed by atoms with E-state index >= 15 is 0 Å². The summed E-state index contributed by atoms with van der Waals surface area (Å²) in [6, 6.07) is 17.5. The third-order valence-electron chi connectivity index (χ3n) is 6.01. The second-order valence-corrected chi connectivity index (χ2v) is 9.16. The van der Waals surface area contributed by atoms with Crippen LogP contribution in [0.25, 0.3) is 0 Å². The number of nitrogens with zero attached hydrogens (tertiary/aromatic N) is 2. The highest BCUT2D eigenvalue weighted by atomic mass is 32.2. The largest absolute Gasteiger partial charge is 0.324 e. The van der Waals surface area contributed by atoms with Crippen LogP contribution in [0.4, 0.5) is 5.69 Å². The Balaban J connectivity index is 1.36. The van der Waals surface area contributed by atoms with Gasteiger partial charge in [-0.2, -0.15) is 0 Å². The highest BCUT2D eigenvalue weighted by molar-refractivity contribution is 7.99. The van der Waals surface area contributed by atoms with Crippen molar-refractivity contribution >= 4 is 29.3 Å². The van der Waals surface area contributed by atoms with Crippen molar-refractivity contribution < 1.29 is 9.59 Å². The van der Waals surface area contributed by atoms with Gasteiger partial charge in [-0.1, -0.05) is 36.8 Å². The average Bonchev–Trinajstić information content (AvgIpc) is 3.27. The van der Waals surface area contributed by atoms with Crippen molar-refractivity contribution in [3.8, 4) is 0 Å². The quantitative estimate of drug-likeness (QED) is 0.783. The number of hydrogen-bond acceptors (Lipinski definition) is 4. The normalized spacial score (nSPS) is 22.1. The van der Waals surface area contributed by atoms with Crippen LogP contribution in [0.5, 0.6) is 0 Å². The van der Waals surface area contributed by atoms with E-state index in [1.807, 2.05) is 30.3 Å². The Hall–Kier alpha value is -2.31. The fourth-order valence-electron chi connectivity index (χ4n) is 4.15. The van der Waals surface area contributed by atoms with E-state index in [-0.39, 0.29) is 11.8 Å². The molecule has 2 aliphatic rings. The number of carbonyl (C=O) groups excluding carboxylic acids is 2. The van der Waals surface area contributed by atoms with Crippen molar-refractivity contribution in [3.63, 3.8) is 0 Å². The maximum absolute atomic E-state index is 12.9. The van der Waals surface area contributed by atoms with Crippen LogP contribution >= 0.6 is 11.8 Å². The first kappa shape index (κ1) is 20.9. The Morgan fingerprint density at radius 1 is 1.07 bits per heavy atom. The third kappa shape index (κ3) is 4.87. The lowest BCUT2D eigenvalue weighted by Gasteiger charge is -2.33. The molecule has 2 unspecified atom stereocenters. The summed E-state index contributed by atoms with van der Waals surface area (Å²) in [4.78, 5) is 29.9. The molecule has 0 spiro atoms. The van der Waals surface area contributed by atoms with Gasteiger partial charge >= 0.3 is 0 Å². The van der Waals surface area contributed by atoms with Gasteiger partial charge in [0.1, 0.15) is 6.04 Å². The van der Waals surface area contributed by atoms with Crippen molar-refractivity contribution in [1.29, 1.82) is 0 Å². The molecule has 2 aromatic rings. The summed E-state index contributed by atoms with van der Waals surface area (Å²) in [5.41, 5.74) is 2.66. The molecule has 2 aromatic carbocycles. The minimum absolute atomic E-state index is 0.0910. The first-order chi connectivity index (χ1) is 14.6. The number of nitrogens with one attached hydrogen (secondary N) is 1. The van der Waals surface area contributed by atoms with Crippen LogP contribution in [-0.4, -0.2) is 51.9 Å². The molecule has 30 heavy (non-hydrogen) atoms. The van der Waals surface area contributed by atoms with Crippen molar-refractivity contribution in [1.82, 2.24) is 9.80 Å². The lowest BCUT2D eigenvalue weighted by molar-refractivity contribution is -0.119. The number of piperidine rings is 1. The zero-order valence-electron chi connectivity index (χ0n) is 17.4. The number of amides is 2. The Kier molecular flexibility index (Phi) is 6.75. The van der Waals surface area contributed by atoms with E-state index < -0.39 is 6.04 Å². The average molecular weight is 424 g/mol. The highest BCUT2D eigenvalue weighted by Crippen LogP contribution is 2.25. The summed E-state index contributed by atoms with van der Waals surface area (Å²) in [6.45, 7) is 4.41. The van der Waals surface area contributed by atoms with E-state index in [0.29, 0.717) is 23.2 Å². The van der Waals surface area contributed by atoms with Crippen LogP contribution < -0.4 is 5.32 Å². The van der Waals surface area contributed by atoms with Gasteiger partial charge < -0.3 is 10.2 Å². The van der Waals surface area contributed by atoms with Crippen molar-refractivity contribution in [2.24, 2.45) is 0 Å². The van der Waals surface area contributed by atoms with Crippen LogP contribution in [0.1, 0.15) is 42.1 Å². The van der Waals surface area contributed by atoms with Gasteiger partial charge in [0, 0.05) is 29.6 Å². The summed E-state index contributed by atoms with van der Waals surface area (Å²) in [7, 11) is 0. The molecule has 5 nitrogen and oxygen atoms in total. The molecule has 0 radical (unpaired) electrons.